The molecule has 4 nitrogen and oxygen atoms in total. The number of aliphatic hydroxyl groups is 1. The SMILES string of the molecule is COc1cc(Cl)c(C(CO)C(=O)O)cc1Cl. The topological polar surface area (TPSA) is 66.8 Å². The average Bonchev–Trinajstić information content (AvgIpc) is 2.23. The first-order chi connectivity index (χ1) is 7.51. The van der Waals surface area contributed by atoms with E-state index in [0.717, 1.165) is 0 Å². The van der Waals surface area contributed by atoms with Crippen molar-refractivity contribution in [1.29, 1.82) is 0 Å². The van der Waals surface area contributed by atoms with E-state index in [4.69, 9.17) is 38.2 Å². The number of aliphatic carboxylic acids is 1. The Labute approximate surface area is 102 Å². The van der Waals surface area contributed by atoms with E-state index >= 15 is 0 Å². The van der Waals surface area contributed by atoms with Crippen molar-refractivity contribution in [3.8, 4) is 5.75 Å². The Morgan fingerprint density at radius 3 is 2.50 bits per heavy atom. The summed E-state index contributed by atoms with van der Waals surface area (Å²) in [6, 6.07) is 2.81. The zero-order valence-corrected chi connectivity index (χ0v) is 9.92. The first-order valence-corrected chi connectivity index (χ1v) is 5.13. The van der Waals surface area contributed by atoms with Crippen molar-refractivity contribution in [2.45, 2.75) is 5.92 Å². The van der Waals surface area contributed by atoms with E-state index in [0.29, 0.717) is 5.75 Å². The van der Waals surface area contributed by atoms with Gasteiger partial charge in [-0.25, -0.2) is 0 Å². The standard InChI is InChI=1S/C10H10Cl2O4/c1-16-9-3-7(11)5(2-8(9)12)6(4-13)10(14)15/h2-3,6,13H,4H2,1H3,(H,14,15). The number of carboxylic acid groups (broad SMARTS) is 1. The van der Waals surface area contributed by atoms with Crippen LogP contribution >= 0.6 is 23.2 Å². The van der Waals surface area contributed by atoms with Gasteiger partial charge in [-0.3, -0.25) is 4.79 Å². The molecule has 0 aliphatic carbocycles. The van der Waals surface area contributed by atoms with Gasteiger partial charge in [0.1, 0.15) is 11.7 Å². The molecule has 0 heterocycles. The number of hydrogen-bond donors (Lipinski definition) is 2. The van der Waals surface area contributed by atoms with Crippen LogP contribution in [0.1, 0.15) is 11.5 Å². The molecule has 0 aliphatic heterocycles. The van der Waals surface area contributed by atoms with E-state index in [1.807, 2.05) is 0 Å². The number of rotatable bonds is 4. The number of methoxy groups -OCH3 is 1. The fourth-order valence-electron chi connectivity index (χ4n) is 1.28. The number of hydrogen-bond acceptors (Lipinski definition) is 3. The van der Waals surface area contributed by atoms with Crippen LogP contribution in [0.15, 0.2) is 12.1 Å². The fraction of sp³-hybridized carbons (Fsp3) is 0.300. The molecule has 0 spiro atoms. The van der Waals surface area contributed by atoms with Crippen molar-refractivity contribution >= 4 is 29.2 Å². The van der Waals surface area contributed by atoms with Gasteiger partial charge in [-0.2, -0.15) is 0 Å². The molecule has 1 rings (SSSR count). The number of carbonyl (C=O) groups is 1. The van der Waals surface area contributed by atoms with Gasteiger partial charge < -0.3 is 14.9 Å². The third-order valence-corrected chi connectivity index (χ3v) is 2.75. The smallest absolute Gasteiger partial charge is 0.313 e. The van der Waals surface area contributed by atoms with Gasteiger partial charge in [0.2, 0.25) is 0 Å². The molecule has 1 atom stereocenters. The lowest BCUT2D eigenvalue weighted by atomic mass is 10.00. The number of halogens is 2. The summed E-state index contributed by atoms with van der Waals surface area (Å²) in [5, 5.41) is 18.3. The zero-order valence-electron chi connectivity index (χ0n) is 8.41. The van der Waals surface area contributed by atoms with Crippen molar-refractivity contribution in [2.75, 3.05) is 13.7 Å². The largest absolute Gasteiger partial charge is 0.495 e. The van der Waals surface area contributed by atoms with Gasteiger partial charge in [0.05, 0.1) is 18.7 Å². The second-order valence-electron chi connectivity index (χ2n) is 3.08. The summed E-state index contributed by atoms with van der Waals surface area (Å²) in [6.45, 7) is -0.544. The quantitative estimate of drug-likeness (QED) is 0.875. The summed E-state index contributed by atoms with van der Waals surface area (Å²) in [4.78, 5) is 10.9. The maximum atomic E-state index is 10.9. The minimum Gasteiger partial charge on any atom is -0.495 e. The molecule has 0 bridgehead atoms. The molecule has 0 saturated heterocycles. The molecule has 0 radical (unpaired) electrons. The predicted molar refractivity (Wildman–Crippen MR) is 60.5 cm³/mol. The van der Waals surface area contributed by atoms with Gasteiger partial charge in [-0.1, -0.05) is 23.2 Å². The van der Waals surface area contributed by atoms with Crippen LogP contribution < -0.4 is 4.74 Å². The molecule has 0 aliphatic rings. The highest BCUT2D eigenvalue weighted by atomic mass is 35.5. The van der Waals surface area contributed by atoms with Crippen molar-refractivity contribution < 1.29 is 19.7 Å². The van der Waals surface area contributed by atoms with Crippen LogP contribution in [0.4, 0.5) is 0 Å². The number of benzene rings is 1. The van der Waals surface area contributed by atoms with E-state index < -0.39 is 18.5 Å². The molecule has 1 unspecified atom stereocenters. The second kappa shape index (κ2) is 5.39. The van der Waals surface area contributed by atoms with E-state index in [2.05, 4.69) is 0 Å². The van der Waals surface area contributed by atoms with Gasteiger partial charge >= 0.3 is 5.97 Å². The number of aliphatic hydroxyl groups excluding tert-OH is 1. The molecule has 0 fully saturated rings. The van der Waals surface area contributed by atoms with Crippen molar-refractivity contribution in [3.63, 3.8) is 0 Å². The van der Waals surface area contributed by atoms with Crippen molar-refractivity contribution in [1.82, 2.24) is 0 Å². The van der Waals surface area contributed by atoms with Crippen molar-refractivity contribution in [3.05, 3.63) is 27.7 Å². The lowest BCUT2D eigenvalue weighted by molar-refractivity contribution is -0.139. The first kappa shape index (κ1) is 13.1. The fourth-order valence-corrected chi connectivity index (χ4v) is 1.81. The summed E-state index contributed by atoms with van der Waals surface area (Å²) >= 11 is 11.7. The number of ether oxygens (including phenoxy) is 1. The predicted octanol–water partition coefficient (Wildman–Crippen LogP) is 2.16. The Morgan fingerprint density at radius 2 is 2.06 bits per heavy atom. The summed E-state index contributed by atoms with van der Waals surface area (Å²) in [6.07, 6.45) is 0. The molecule has 1 aromatic rings. The maximum Gasteiger partial charge on any atom is 0.313 e. The summed E-state index contributed by atoms with van der Waals surface area (Å²) in [5.74, 6) is -1.89. The van der Waals surface area contributed by atoms with Crippen LogP contribution in [0.25, 0.3) is 0 Å². The van der Waals surface area contributed by atoms with Gasteiger partial charge in [0, 0.05) is 11.1 Å². The van der Waals surface area contributed by atoms with Gasteiger partial charge in [0.25, 0.3) is 0 Å². The van der Waals surface area contributed by atoms with Gasteiger partial charge in [-0.05, 0) is 11.6 Å². The summed E-state index contributed by atoms with van der Waals surface area (Å²) in [7, 11) is 1.43. The normalized spacial score (nSPS) is 12.2. The average molecular weight is 265 g/mol. The van der Waals surface area contributed by atoms with Gasteiger partial charge in [0.15, 0.2) is 0 Å². The van der Waals surface area contributed by atoms with E-state index in [1.165, 1.54) is 19.2 Å². The first-order valence-electron chi connectivity index (χ1n) is 4.37. The Morgan fingerprint density at radius 1 is 1.44 bits per heavy atom. The molecule has 2 N–H and O–H groups in total. The van der Waals surface area contributed by atoms with Crippen LogP contribution in [-0.4, -0.2) is 29.9 Å². The van der Waals surface area contributed by atoms with Crippen LogP contribution in [0.2, 0.25) is 10.0 Å². The minimum atomic E-state index is -1.16. The molecule has 16 heavy (non-hydrogen) atoms. The Kier molecular flexibility index (Phi) is 4.41. The Balaban J connectivity index is 3.24. The third kappa shape index (κ3) is 2.58. The second-order valence-corrected chi connectivity index (χ2v) is 3.90. The molecular formula is C10H10Cl2O4. The molecule has 0 aromatic heterocycles. The van der Waals surface area contributed by atoms with Crippen molar-refractivity contribution in [2.24, 2.45) is 0 Å². The van der Waals surface area contributed by atoms with Crippen LogP contribution in [0.5, 0.6) is 5.75 Å². The Bertz CT molecular complexity index is 406. The lowest BCUT2D eigenvalue weighted by Gasteiger charge is -2.13. The van der Waals surface area contributed by atoms with Crippen LogP contribution in [0.3, 0.4) is 0 Å². The van der Waals surface area contributed by atoms with Crippen LogP contribution in [0, 0.1) is 0 Å². The van der Waals surface area contributed by atoms with E-state index in [9.17, 15) is 4.79 Å². The zero-order chi connectivity index (χ0) is 12.3. The monoisotopic (exact) mass is 264 g/mol. The molecule has 1 aromatic carbocycles. The Hall–Kier alpha value is -0.970. The highest BCUT2D eigenvalue weighted by molar-refractivity contribution is 6.35. The lowest BCUT2D eigenvalue weighted by Crippen LogP contribution is -2.16. The van der Waals surface area contributed by atoms with E-state index in [1.54, 1.807) is 0 Å². The molecule has 0 saturated carbocycles. The molecule has 88 valence electrons. The van der Waals surface area contributed by atoms with E-state index in [-0.39, 0.29) is 15.6 Å². The third-order valence-electron chi connectivity index (χ3n) is 2.13. The highest BCUT2D eigenvalue weighted by Gasteiger charge is 2.23. The van der Waals surface area contributed by atoms with Gasteiger partial charge in [-0.15, -0.1) is 0 Å². The molecule has 6 heteroatoms. The van der Waals surface area contributed by atoms with Crippen LogP contribution in [-0.2, 0) is 4.79 Å². The summed E-state index contributed by atoms with van der Waals surface area (Å²) in [5.41, 5.74) is 0.266. The minimum absolute atomic E-state index is 0.197. The maximum absolute atomic E-state index is 10.9. The summed E-state index contributed by atoms with van der Waals surface area (Å²) < 4.78 is 4.93. The highest BCUT2D eigenvalue weighted by Crippen LogP contribution is 2.34. The molecule has 0 amide bonds. The number of carboxylic acids is 1. The molecular weight excluding hydrogens is 255 g/mol.